The van der Waals surface area contributed by atoms with Gasteiger partial charge in [-0.25, -0.2) is 0 Å². The topological polar surface area (TPSA) is 35.2 Å². The molecule has 0 bridgehead atoms. The molecule has 0 aliphatic heterocycles. The average Bonchev–Trinajstić information content (AvgIpc) is 2.34. The molecule has 2 N–H and O–H groups in total. The van der Waals surface area contributed by atoms with Gasteiger partial charge in [0.25, 0.3) is 0 Å². The predicted molar refractivity (Wildman–Crippen MR) is 77.0 cm³/mol. The first-order chi connectivity index (χ1) is 8.50. The van der Waals surface area contributed by atoms with Crippen molar-refractivity contribution in [3.8, 4) is 0 Å². The van der Waals surface area contributed by atoms with Gasteiger partial charge in [0.05, 0.1) is 6.61 Å². The van der Waals surface area contributed by atoms with Crippen LogP contribution in [0.2, 0.25) is 0 Å². The van der Waals surface area contributed by atoms with E-state index in [1.807, 2.05) is 18.2 Å². The maximum absolute atomic E-state index is 6.08. The van der Waals surface area contributed by atoms with Crippen LogP contribution in [-0.4, -0.2) is 6.23 Å². The van der Waals surface area contributed by atoms with E-state index in [1.165, 1.54) is 5.56 Å². The molecule has 0 saturated carbocycles. The third-order valence-electron chi connectivity index (χ3n) is 3.52. The van der Waals surface area contributed by atoms with E-state index in [0.29, 0.717) is 24.4 Å². The van der Waals surface area contributed by atoms with Gasteiger partial charge in [0, 0.05) is 0 Å². The molecular formula is C16H27NO. The van der Waals surface area contributed by atoms with Crippen molar-refractivity contribution in [2.45, 2.75) is 47.0 Å². The van der Waals surface area contributed by atoms with E-state index in [4.69, 9.17) is 10.5 Å². The highest BCUT2D eigenvalue weighted by Gasteiger charge is 2.20. The van der Waals surface area contributed by atoms with Crippen LogP contribution in [0, 0.1) is 17.8 Å². The second-order valence-corrected chi connectivity index (χ2v) is 5.72. The Bertz CT molecular complexity index is 313. The van der Waals surface area contributed by atoms with Gasteiger partial charge in [0.15, 0.2) is 0 Å². The summed E-state index contributed by atoms with van der Waals surface area (Å²) >= 11 is 0. The SMILES string of the molecule is CC(C)C(CC(N)OCc1ccccc1)C(C)C. The van der Waals surface area contributed by atoms with E-state index in [2.05, 4.69) is 39.8 Å². The first-order valence-corrected chi connectivity index (χ1v) is 6.91. The highest BCUT2D eigenvalue weighted by molar-refractivity contribution is 5.13. The van der Waals surface area contributed by atoms with Gasteiger partial charge in [0.2, 0.25) is 0 Å². The molecule has 2 heteroatoms. The minimum atomic E-state index is -0.167. The van der Waals surface area contributed by atoms with Crippen molar-refractivity contribution in [1.29, 1.82) is 0 Å². The summed E-state index contributed by atoms with van der Waals surface area (Å²) in [5.41, 5.74) is 7.26. The van der Waals surface area contributed by atoms with Crippen molar-refractivity contribution in [3.05, 3.63) is 35.9 Å². The third-order valence-corrected chi connectivity index (χ3v) is 3.52. The number of hydrogen-bond donors (Lipinski definition) is 1. The van der Waals surface area contributed by atoms with Gasteiger partial charge < -0.3 is 10.5 Å². The molecular weight excluding hydrogens is 222 g/mol. The maximum atomic E-state index is 6.08. The Hall–Kier alpha value is -0.860. The molecule has 0 fully saturated rings. The van der Waals surface area contributed by atoms with E-state index in [9.17, 15) is 0 Å². The summed E-state index contributed by atoms with van der Waals surface area (Å²) in [7, 11) is 0. The van der Waals surface area contributed by atoms with Crippen LogP contribution < -0.4 is 5.73 Å². The van der Waals surface area contributed by atoms with Crippen molar-refractivity contribution in [1.82, 2.24) is 0 Å². The zero-order valence-corrected chi connectivity index (χ0v) is 12.1. The van der Waals surface area contributed by atoms with Gasteiger partial charge >= 0.3 is 0 Å². The highest BCUT2D eigenvalue weighted by Crippen LogP contribution is 2.25. The first kappa shape index (κ1) is 15.2. The summed E-state index contributed by atoms with van der Waals surface area (Å²) in [6.07, 6.45) is 0.766. The summed E-state index contributed by atoms with van der Waals surface area (Å²) in [4.78, 5) is 0. The van der Waals surface area contributed by atoms with Crippen LogP contribution >= 0.6 is 0 Å². The predicted octanol–water partition coefficient (Wildman–Crippen LogP) is 3.81. The zero-order chi connectivity index (χ0) is 13.5. The van der Waals surface area contributed by atoms with Gasteiger partial charge in [-0.15, -0.1) is 0 Å². The Labute approximate surface area is 112 Å². The van der Waals surface area contributed by atoms with Crippen molar-refractivity contribution in [3.63, 3.8) is 0 Å². The monoisotopic (exact) mass is 249 g/mol. The molecule has 1 atom stereocenters. The molecule has 102 valence electrons. The second kappa shape index (κ2) is 7.55. The van der Waals surface area contributed by atoms with E-state index < -0.39 is 0 Å². The summed E-state index contributed by atoms with van der Waals surface area (Å²) in [5, 5.41) is 0. The average molecular weight is 249 g/mol. The largest absolute Gasteiger partial charge is 0.359 e. The Balaban J connectivity index is 2.39. The van der Waals surface area contributed by atoms with Crippen molar-refractivity contribution in [2.24, 2.45) is 23.5 Å². The Morgan fingerprint density at radius 3 is 2.06 bits per heavy atom. The molecule has 0 amide bonds. The lowest BCUT2D eigenvalue weighted by Gasteiger charge is -2.27. The normalized spacial score (nSPS) is 13.6. The summed E-state index contributed by atoms with van der Waals surface area (Å²) in [6.45, 7) is 9.64. The standard InChI is InChI=1S/C16H27NO/c1-12(2)15(13(3)4)10-16(17)18-11-14-8-6-5-7-9-14/h5-9,12-13,15-16H,10-11,17H2,1-4H3. The number of ether oxygens (including phenoxy) is 1. The fraction of sp³-hybridized carbons (Fsp3) is 0.625. The van der Waals surface area contributed by atoms with E-state index >= 15 is 0 Å². The molecule has 1 aromatic rings. The number of hydrogen-bond acceptors (Lipinski definition) is 2. The van der Waals surface area contributed by atoms with E-state index in [1.54, 1.807) is 0 Å². The molecule has 1 rings (SSSR count). The minimum absolute atomic E-state index is 0.167. The molecule has 1 aromatic carbocycles. The molecule has 0 spiro atoms. The van der Waals surface area contributed by atoms with Crippen LogP contribution in [0.3, 0.4) is 0 Å². The number of nitrogens with two attached hydrogens (primary N) is 1. The smallest absolute Gasteiger partial charge is 0.106 e. The van der Waals surface area contributed by atoms with Gasteiger partial charge in [-0.3, -0.25) is 0 Å². The van der Waals surface area contributed by atoms with Crippen molar-refractivity contribution < 1.29 is 4.74 Å². The van der Waals surface area contributed by atoms with Crippen LogP contribution in [0.5, 0.6) is 0 Å². The molecule has 0 heterocycles. The molecule has 18 heavy (non-hydrogen) atoms. The summed E-state index contributed by atoms with van der Waals surface area (Å²) in [5.74, 6) is 1.92. The van der Waals surface area contributed by atoms with Gasteiger partial charge in [-0.05, 0) is 29.7 Å². The fourth-order valence-electron chi connectivity index (χ4n) is 2.43. The minimum Gasteiger partial charge on any atom is -0.359 e. The van der Waals surface area contributed by atoms with E-state index in [0.717, 1.165) is 6.42 Å². The lowest BCUT2D eigenvalue weighted by molar-refractivity contribution is 0.0170. The van der Waals surface area contributed by atoms with E-state index in [-0.39, 0.29) is 6.23 Å². The zero-order valence-electron chi connectivity index (χ0n) is 12.1. The Morgan fingerprint density at radius 1 is 1.00 bits per heavy atom. The quantitative estimate of drug-likeness (QED) is 0.746. The van der Waals surface area contributed by atoms with Crippen LogP contribution in [0.25, 0.3) is 0 Å². The number of rotatable bonds is 7. The van der Waals surface area contributed by atoms with Gasteiger partial charge in [0.1, 0.15) is 6.23 Å². The molecule has 0 aliphatic rings. The Kier molecular flexibility index (Phi) is 6.37. The van der Waals surface area contributed by atoms with Crippen LogP contribution in [0.4, 0.5) is 0 Å². The van der Waals surface area contributed by atoms with Crippen molar-refractivity contribution >= 4 is 0 Å². The lowest BCUT2D eigenvalue weighted by atomic mass is 9.82. The molecule has 0 radical (unpaired) electrons. The first-order valence-electron chi connectivity index (χ1n) is 6.91. The molecule has 0 aromatic heterocycles. The second-order valence-electron chi connectivity index (χ2n) is 5.72. The highest BCUT2D eigenvalue weighted by atomic mass is 16.5. The lowest BCUT2D eigenvalue weighted by Crippen LogP contribution is -2.30. The van der Waals surface area contributed by atoms with Gasteiger partial charge in [-0.2, -0.15) is 0 Å². The van der Waals surface area contributed by atoms with Crippen LogP contribution in [0.1, 0.15) is 39.7 Å². The molecule has 0 saturated heterocycles. The van der Waals surface area contributed by atoms with Crippen LogP contribution in [-0.2, 0) is 11.3 Å². The Morgan fingerprint density at radius 2 is 1.56 bits per heavy atom. The van der Waals surface area contributed by atoms with Crippen molar-refractivity contribution in [2.75, 3.05) is 0 Å². The third kappa shape index (κ3) is 5.19. The maximum Gasteiger partial charge on any atom is 0.106 e. The molecule has 1 unspecified atom stereocenters. The molecule has 2 nitrogen and oxygen atoms in total. The summed E-state index contributed by atoms with van der Waals surface area (Å²) in [6, 6.07) is 10.2. The summed E-state index contributed by atoms with van der Waals surface area (Å²) < 4.78 is 5.74. The number of benzene rings is 1. The van der Waals surface area contributed by atoms with Crippen LogP contribution in [0.15, 0.2) is 30.3 Å². The fourth-order valence-corrected chi connectivity index (χ4v) is 2.43. The molecule has 0 aliphatic carbocycles. The van der Waals surface area contributed by atoms with Gasteiger partial charge in [-0.1, -0.05) is 58.0 Å².